The van der Waals surface area contributed by atoms with Crippen molar-refractivity contribution in [3.05, 3.63) is 29.8 Å². The molecule has 23 heavy (non-hydrogen) atoms. The number of hydrogen-bond donors (Lipinski definition) is 1. The molecule has 1 unspecified atom stereocenters. The number of hydrogen-bond acceptors (Lipinski definition) is 3. The first-order chi connectivity index (χ1) is 11.1. The van der Waals surface area contributed by atoms with Crippen LogP contribution in [0.5, 0.6) is 5.75 Å². The molecule has 130 valence electrons. The Balaban J connectivity index is 0.000000816. The Kier molecular flexibility index (Phi) is 8.48. The summed E-state index contributed by atoms with van der Waals surface area (Å²) in [7, 11) is 3.38. The number of nitrogens with zero attached hydrogens (tertiary/aromatic N) is 2. The Morgan fingerprint density at radius 1 is 1.22 bits per heavy atom. The number of nitrogens with one attached hydrogen (secondary N) is 1. The second-order valence-corrected chi connectivity index (χ2v) is 5.70. The van der Waals surface area contributed by atoms with Crippen molar-refractivity contribution in [3.8, 4) is 5.75 Å². The molecule has 0 aromatic heterocycles. The van der Waals surface area contributed by atoms with Crippen LogP contribution in [0.25, 0.3) is 0 Å². The summed E-state index contributed by atoms with van der Waals surface area (Å²) in [6, 6.07) is 8.42. The van der Waals surface area contributed by atoms with Crippen molar-refractivity contribution in [1.29, 1.82) is 0 Å². The minimum atomic E-state index is 0.00888. The van der Waals surface area contributed by atoms with Crippen LogP contribution in [0.15, 0.2) is 24.3 Å². The van der Waals surface area contributed by atoms with Gasteiger partial charge in [-0.2, -0.15) is 0 Å². The van der Waals surface area contributed by atoms with Gasteiger partial charge in [-0.1, -0.05) is 38.5 Å². The molecule has 1 atom stereocenters. The number of methoxy groups -OCH3 is 1. The molecule has 0 aliphatic carbocycles. The number of ether oxygens (including phenoxy) is 1. The molecule has 1 aromatic rings. The summed E-state index contributed by atoms with van der Waals surface area (Å²) in [6.07, 6.45) is 1.25. The highest BCUT2D eigenvalue weighted by Gasteiger charge is 2.25. The molecule has 2 rings (SSSR count). The van der Waals surface area contributed by atoms with E-state index in [-0.39, 0.29) is 12.1 Å². The summed E-state index contributed by atoms with van der Waals surface area (Å²) >= 11 is 0. The van der Waals surface area contributed by atoms with Gasteiger partial charge < -0.3 is 15.0 Å². The van der Waals surface area contributed by atoms with Gasteiger partial charge in [0, 0.05) is 44.8 Å². The van der Waals surface area contributed by atoms with Crippen LogP contribution >= 0.6 is 0 Å². The predicted molar refractivity (Wildman–Crippen MR) is 95.0 cm³/mol. The average Bonchev–Trinajstić information content (AvgIpc) is 2.61. The molecule has 1 aromatic carbocycles. The van der Waals surface area contributed by atoms with Crippen molar-refractivity contribution >= 4 is 6.03 Å². The number of carbonyl (C=O) groups is 1. The first-order valence-corrected chi connectivity index (χ1v) is 8.42. The van der Waals surface area contributed by atoms with E-state index in [2.05, 4.69) is 37.1 Å². The molecule has 1 saturated heterocycles. The number of rotatable bonds is 3. The number of piperazine rings is 1. The third-order valence-electron chi connectivity index (χ3n) is 3.95. The summed E-state index contributed by atoms with van der Waals surface area (Å²) < 4.78 is 5.43. The topological polar surface area (TPSA) is 44.8 Å². The Morgan fingerprint density at radius 3 is 2.30 bits per heavy atom. The molecule has 1 aliphatic rings. The fourth-order valence-corrected chi connectivity index (χ4v) is 2.68. The molecule has 0 bridgehead atoms. The van der Waals surface area contributed by atoms with E-state index in [0.29, 0.717) is 0 Å². The zero-order valence-electron chi connectivity index (χ0n) is 15.1. The van der Waals surface area contributed by atoms with E-state index in [1.54, 1.807) is 14.2 Å². The molecule has 1 heterocycles. The average molecular weight is 321 g/mol. The lowest BCUT2D eigenvalue weighted by atomic mass is 10.0. The zero-order chi connectivity index (χ0) is 17.2. The van der Waals surface area contributed by atoms with Crippen LogP contribution in [0, 0.1) is 0 Å². The van der Waals surface area contributed by atoms with Crippen LogP contribution in [-0.2, 0) is 0 Å². The monoisotopic (exact) mass is 321 g/mol. The molecule has 5 heteroatoms. The van der Waals surface area contributed by atoms with Gasteiger partial charge in [0.1, 0.15) is 5.75 Å². The third-order valence-corrected chi connectivity index (χ3v) is 3.95. The Hall–Kier alpha value is -1.75. The van der Waals surface area contributed by atoms with Crippen molar-refractivity contribution < 1.29 is 9.53 Å². The fourth-order valence-electron chi connectivity index (χ4n) is 2.68. The molecule has 0 radical (unpaired) electrons. The number of benzene rings is 1. The Morgan fingerprint density at radius 2 is 1.78 bits per heavy atom. The number of urea groups is 1. The minimum Gasteiger partial charge on any atom is -0.496 e. The summed E-state index contributed by atoms with van der Waals surface area (Å²) in [5, 5.41) is 2.68. The highest BCUT2D eigenvalue weighted by molar-refractivity contribution is 5.73. The van der Waals surface area contributed by atoms with Gasteiger partial charge in [0.25, 0.3) is 0 Å². The molecule has 5 nitrogen and oxygen atoms in total. The molecular formula is C18H31N3O2. The van der Waals surface area contributed by atoms with Gasteiger partial charge >= 0.3 is 6.03 Å². The van der Waals surface area contributed by atoms with E-state index in [4.69, 9.17) is 4.74 Å². The van der Waals surface area contributed by atoms with Crippen LogP contribution in [0.3, 0.4) is 0 Å². The largest absolute Gasteiger partial charge is 0.496 e. The molecule has 1 fully saturated rings. The molecular weight excluding hydrogens is 290 g/mol. The third kappa shape index (κ3) is 5.43. The Bertz CT molecular complexity index is 471. The van der Waals surface area contributed by atoms with Gasteiger partial charge in [-0.05, 0) is 13.0 Å². The lowest BCUT2D eigenvalue weighted by Crippen LogP contribution is -2.51. The maximum absolute atomic E-state index is 11.6. The summed E-state index contributed by atoms with van der Waals surface area (Å²) in [6.45, 7) is 9.73. The van der Waals surface area contributed by atoms with E-state index in [0.717, 1.165) is 31.9 Å². The standard InChI is InChI=1S/C15H23N3O2.C3H8/c1-12(13-6-4-5-7-14(13)20-3)17-8-10-18(11-9-17)15(19)16-2;1-3-2/h4-7,12H,8-11H2,1-3H3,(H,16,19);3H2,1-2H3. The van der Waals surface area contributed by atoms with E-state index in [1.165, 1.54) is 12.0 Å². The fraction of sp³-hybridized carbons (Fsp3) is 0.611. The van der Waals surface area contributed by atoms with Crippen molar-refractivity contribution in [2.75, 3.05) is 40.3 Å². The van der Waals surface area contributed by atoms with Crippen molar-refractivity contribution in [2.45, 2.75) is 33.2 Å². The molecule has 2 amide bonds. The zero-order valence-corrected chi connectivity index (χ0v) is 15.1. The molecule has 1 N–H and O–H groups in total. The van der Waals surface area contributed by atoms with Crippen LogP contribution in [0.1, 0.15) is 38.8 Å². The Labute approximate surface area is 140 Å². The quantitative estimate of drug-likeness (QED) is 0.930. The summed E-state index contributed by atoms with van der Waals surface area (Å²) in [5.41, 5.74) is 1.20. The van der Waals surface area contributed by atoms with Gasteiger partial charge in [0.2, 0.25) is 0 Å². The number of para-hydroxylation sites is 1. The summed E-state index contributed by atoms with van der Waals surface area (Å²) in [4.78, 5) is 15.8. The molecule has 0 saturated carbocycles. The summed E-state index contributed by atoms with van der Waals surface area (Å²) in [5.74, 6) is 0.925. The minimum absolute atomic E-state index is 0.00888. The van der Waals surface area contributed by atoms with Crippen LogP contribution in [-0.4, -0.2) is 56.2 Å². The smallest absolute Gasteiger partial charge is 0.317 e. The lowest BCUT2D eigenvalue weighted by Gasteiger charge is -2.38. The van der Waals surface area contributed by atoms with Crippen molar-refractivity contribution in [2.24, 2.45) is 0 Å². The first kappa shape index (κ1) is 19.3. The van der Waals surface area contributed by atoms with Crippen LogP contribution in [0.4, 0.5) is 4.79 Å². The second kappa shape index (κ2) is 10.1. The van der Waals surface area contributed by atoms with Gasteiger partial charge in [-0.15, -0.1) is 0 Å². The van der Waals surface area contributed by atoms with E-state index in [1.807, 2.05) is 23.1 Å². The van der Waals surface area contributed by atoms with Crippen LogP contribution in [0.2, 0.25) is 0 Å². The molecule has 1 aliphatic heterocycles. The maximum atomic E-state index is 11.6. The maximum Gasteiger partial charge on any atom is 0.317 e. The lowest BCUT2D eigenvalue weighted by molar-refractivity contribution is 0.114. The van der Waals surface area contributed by atoms with E-state index in [9.17, 15) is 4.79 Å². The van der Waals surface area contributed by atoms with Gasteiger partial charge in [-0.25, -0.2) is 4.79 Å². The highest BCUT2D eigenvalue weighted by atomic mass is 16.5. The highest BCUT2D eigenvalue weighted by Crippen LogP contribution is 2.29. The van der Waals surface area contributed by atoms with Gasteiger partial charge in [-0.3, -0.25) is 4.90 Å². The normalized spacial score (nSPS) is 16.1. The van der Waals surface area contributed by atoms with Crippen molar-refractivity contribution in [3.63, 3.8) is 0 Å². The second-order valence-electron chi connectivity index (χ2n) is 5.70. The van der Waals surface area contributed by atoms with Crippen LogP contribution < -0.4 is 10.1 Å². The SMILES string of the molecule is CCC.CNC(=O)N1CCN(C(C)c2ccccc2OC)CC1. The van der Waals surface area contributed by atoms with E-state index >= 15 is 0 Å². The number of amides is 2. The van der Waals surface area contributed by atoms with Gasteiger partial charge in [0.05, 0.1) is 7.11 Å². The van der Waals surface area contributed by atoms with Gasteiger partial charge in [0.15, 0.2) is 0 Å². The first-order valence-electron chi connectivity index (χ1n) is 8.42. The van der Waals surface area contributed by atoms with E-state index < -0.39 is 0 Å². The number of carbonyl (C=O) groups excluding carboxylic acids is 1. The van der Waals surface area contributed by atoms with Crippen molar-refractivity contribution in [1.82, 2.24) is 15.1 Å². The predicted octanol–water partition coefficient (Wildman–Crippen LogP) is 3.13. The molecule has 0 spiro atoms.